The van der Waals surface area contributed by atoms with Crippen LogP contribution in [-0.4, -0.2) is 17.4 Å². The van der Waals surface area contributed by atoms with Crippen molar-refractivity contribution in [2.45, 2.75) is 26.2 Å². The van der Waals surface area contributed by atoms with Gasteiger partial charge in [-0.2, -0.15) is 0 Å². The van der Waals surface area contributed by atoms with Crippen LogP contribution in [0.1, 0.15) is 41.4 Å². The van der Waals surface area contributed by atoms with Crippen molar-refractivity contribution in [3.05, 3.63) is 46.5 Å². The Morgan fingerprint density at radius 3 is 2.80 bits per heavy atom. The minimum absolute atomic E-state index is 0.126. The second kappa shape index (κ2) is 6.63. The maximum atomic E-state index is 12.3. The van der Waals surface area contributed by atoms with E-state index in [0.29, 0.717) is 29.6 Å². The van der Waals surface area contributed by atoms with Crippen molar-refractivity contribution in [1.82, 2.24) is 4.98 Å². The third kappa shape index (κ3) is 3.43. The maximum Gasteiger partial charge on any atom is 0.257 e. The van der Waals surface area contributed by atoms with E-state index in [4.69, 9.17) is 5.73 Å². The molecule has 0 spiro atoms. The molecule has 0 saturated heterocycles. The lowest BCUT2D eigenvalue weighted by molar-refractivity contribution is 0.102. The molecule has 0 unspecified atom stereocenters. The van der Waals surface area contributed by atoms with Gasteiger partial charge in [0.2, 0.25) is 0 Å². The summed E-state index contributed by atoms with van der Waals surface area (Å²) < 4.78 is 0. The normalized spacial score (nSPS) is 10.8. The zero-order chi connectivity index (χ0) is 14.5. The summed E-state index contributed by atoms with van der Waals surface area (Å²) in [6, 6.07) is 7.53. The van der Waals surface area contributed by atoms with Gasteiger partial charge in [0, 0.05) is 10.9 Å². The highest BCUT2D eigenvalue weighted by atomic mass is 32.1. The lowest BCUT2D eigenvalue weighted by atomic mass is 10.0. The zero-order valence-corrected chi connectivity index (χ0v) is 12.5. The van der Waals surface area contributed by atoms with Crippen LogP contribution in [-0.2, 0) is 6.42 Å². The summed E-state index contributed by atoms with van der Waals surface area (Å²) in [7, 11) is 0. The lowest BCUT2D eigenvalue weighted by Gasteiger charge is -2.07. The molecular weight excluding hydrogens is 270 g/mol. The molecule has 0 aliphatic carbocycles. The summed E-state index contributed by atoms with van der Waals surface area (Å²) >= 11 is 1.45. The van der Waals surface area contributed by atoms with E-state index in [1.807, 2.05) is 29.6 Å². The van der Waals surface area contributed by atoms with Crippen LogP contribution >= 0.6 is 11.3 Å². The van der Waals surface area contributed by atoms with E-state index >= 15 is 0 Å². The average molecular weight is 289 g/mol. The number of carbonyl (C=O) groups is 1. The van der Waals surface area contributed by atoms with Crippen molar-refractivity contribution in [3.8, 4) is 0 Å². The number of aromatic nitrogens is 1. The third-order valence-electron chi connectivity index (χ3n) is 3.01. The predicted molar refractivity (Wildman–Crippen MR) is 83.4 cm³/mol. The maximum absolute atomic E-state index is 12.3. The van der Waals surface area contributed by atoms with E-state index in [9.17, 15) is 4.79 Å². The Labute approximate surface area is 123 Å². The van der Waals surface area contributed by atoms with Gasteiger partial charge in [-0.1, -0.05) is 32.0 Å². The Balaban J connectivity index is 2.15. The van der Waals surface area contributed by atoms with E-state index in [1.165, 1.54) is 11.3 Å². The molecule has 3 N–H and O–H groups in total. The second-order valence-electron chi connectivity index (χ2n) is 4.88. The monoisotopic (exact) mass is 289 g/mol. The number of hydrogen-bond donors (Lipinski definition) is 2. The first-order valence-electron chi connectivity index (χ1n) is 6.66. The van der Waals surface area contributed by atoms with E-state index in [0.717, 1.165) is 11.3 Å². The number of nitrogens with two attached hydrogens (primary N) is 1. The smallest absolute Gasteiger partial charge is 0.257 e. The molecule has 0 atom stereocenters. The Morgan fingerprint density at radius 2 is 2.15 bits per heavy atom. The van der Waals surface area contributed by atoms with Gasteiger partial charge in [-0.15, -0.1) is 11.3 Å². The number of nitrogens with zero attached hydrogens (tertiary/aromatic N) is 1. The van der Waals surface area contributed by atoms with Crippen LogP contribution in [0.3, 0.4) is 0 Å². The van der Waals surface area contributed by atoms with Gasteiger partial charge in [0.15, 0.2) is 5.13 Å². The minimum Gasteiger partial charge on any atom is -0.330 e. The molecule has 0 bridgehead atoms. The lowest BCUT2D eigenvalue weighted by Crippen LogP contribution is -2.15. The third-order valence-corrected chi connectivity index (χ3v) is 3.79. The van der Waals surface area contributed by atoms with Gasteiger partial charge in [0.25, 0.3) is 5.91 Å². The Bertz CT molecular complexity index is 592. The van der Waals surface area contributed by atoms with Crippen LogP contribution in [0.25, 0.3) is 0 Å². The topological polar surface area (TPSA) is 68.0 Å². The summed E-state index contributed by atoms with van der Waals surface area (Å²) in [6.07, 6.45) is 0.693. The van der Waals surface area contributed by atoms with Crippen LogP contribution in [0.2, 0.25) is 0 Å². The van der Waals surface area contributed by atoms with Gasteiger partial charge in [-0.3, -0.25) is 10.1 Å². The molecule has 0 fully saturated rings. The molecule has 0 saturated carbocycles. The molecule has 106 valence electrons. The number of hydrogen-bond acceptors (Lipinski definition) is 4. The number of rotatable bonds is 5. The Kier molecular flexibility index (Phi) is 4.87. The summed E-state index contributed by atoms with van der Waals surface area (Å²) in [5.41, 5.74) is 8.21. The summed E-state index contributed by atoms with van der Waals surface area (Å²) in [6.45, 7) is 4.69. The number of thiazole rings is 1. The molecule has 2 aromatic rings. The van der Waals surface area contributed by atoms with Crippen LogP contribution in [0.15, 0.2) is 29.6 Å². The van der Waals surface area contributed by atoms with E-state index < -0.39 is 0 Å². The molecule has 4 nitrogen and oxygen atoms in total. The molecule has 2 rings (SSSR count). The first-order valence-corrected chi connectivity index (χ1v) is 7.54. The molecule has 0 radical (unpaired) electrons. The molecule has 0 aliphatic rings. The fourth-order valence-electron chi connectivity index (χ4n) is 1.89. The second-order valence-corrected chi connectivity index (χ2v) is 5.74. The number of amides is 1. The zero-order valence-electron chi connectivity index (χ0n) is 11.7. The van der Waals surface area contributed by atoms with E-state index in [1.54, 1.807) is 0 Å². The fraction of sp³-hybridized carbons (Fsp3) is 0.333. The largest absolute Gasteiger partial charge is 0.330 e. The van der Waals surface area contributed by atoms with Crippen LogP contribution in [0.5, 0.6) is 0 Å². The van der Waals surface area contributed by atoms with Gasteiger partial charge < -0.3 is 5.73 Å². The minimum atomic E-state index is -0.126. The number of nitrogens with one attached hydrogen (secondary N) is 1. The molecular formula is C15H19N3OS. The van der Waals surface area contributed by atoms with Crippen molar-refractivity contribution in [2.75, 3.05) is 11.9 Å². The highest BCUT2D eigenvalue weighted by molar-refractivity contribution is 7.14. The summed E-state index contributed by atoms with van der Waals surface area (Å²) in [5.74, 6) is 0.236. The van der Waals surface area contributed by atoms with Crippen molar-refractivity contribution >= 4 is 22.4 Å². The van der Waals surface area contributed by atoms with Crippen molar-refractivity contribution < 1.29 is 4.79 Å². The van der Waals surface area contributed by atoms with Gasteiger partial charge in [0.05, 0.1) is 5.69 Å². The first-order chi connectivity index (χ1) is 9.61. The molecule has 20 heavy (non-hydrogen) atoms. The number of anilines is 1. The van der Waals surface area contributed by atoms with Crippen molar-refractivity contribution in [1.29, 1.82) is 0 Å². The van der Waals surface area contributed by atoms with Gasteiger partial charge >= 0.3 is 0 Å². The van der Waals surface area contributed by atoms with E-state index in [2.05, 4.69) is 24.1 Å². The number of benzene rings is 1. The predicted octanol–water partition coefficient (Wildman–Crippen LogP) is 3.02. The Morgan fingerprint density at radius 1 is 1.40 bits per heavy atom. The van der Waals surface area contributed by atoms with E-state index in [-0.39, 0.29) is 5.91 Å². The standard InChI is InChI=1S/C15H19N3OS/c1-10(2)13-9-20-15(17-13)18-14(19)12-6-4-3-5-11(12)7-8-16/h3-6,9-10H,7-8,16H2,1-2H3,(H,17,18,19). The molecule has 1 aromatic heterocycles. The highest BCUT2D eigenvalue weighted by Crippen LogP contribution is 2.22. The molecule has 1 amide bonds. The highest BCUT2D eigenvalue weighted by Gasteiger charge is 2.13. The van der Waals surface area contributed by atoms with Gasteiger partial charge in [0.1, 0.15) is 0 Å². The molecule has 0 aliphatic heterocycles. The van der Waals surface area contributed by atoms with Crippen LogP contribution < -0.4 is 11.1 Å². The number of carbonyl (C=O) groups excluding carboxylic acids is 1. The fourth-order valence-corrected chi connectivity index (χ4v) is 2.76. The summed E-state index contributed by atoms with van der Waals surface area (Å²) in [5, 5.41) is 5.48. The molecule has 5 heteroatoms. The average Bonchev–Trinajstić information content (AvgIpc) is 2.88. The quantitative estimate of drug-likeness (QED) is 0.889. The van der Waals surface area contributed by atoms with Crippen molar-refractivity contribution in [2.24, 2.45) is 5.73 Å². The summed E-state index contributed by atoms with van der Waals surface area (Å²) in [4.78, 5) is 16.7. The van der Waals surface area contributed by atoms with Crippen LogP contribution in [0.4, 0.5) is 5.13 Å². The van der Waals surface area contributed by atoms with Gasteiger partial charge in [-0.25, -0.2) is 4.98 Å². The molecule has 1 aromatic carbocycles. The SMILES string of the molecule is CC(C)c1csc(NC(=O)c2ccccc2CCN)n1. The Hall–Kier alpha value is -1.72. The molecule has 1 heterocycles. The first kappa shape index (κ1) is 14.7. The van der Waals surface area contributed by atoms with Crippen molar-refractivity contribution in [3.63, 3.8) is 0 Å². The van der Waals surface area contributed by atoms with Crippen LogP contribution in [0, 0.1) is 0 Å². The van der Waals surface area contributed by atoms with Gasteiger partial charge in [-0.05, 0) is 30.5 Å².